The van der Waals surface area contributed by atoms with Crippen molar-refractivity contribution in [3.63, 3.8) is 0 Å². The van der Waals surface area contributed by atoms with Gasteiger partial charge in [0.25, 0.3) is 5.91 Å². The molecule has 0 saturated carbocycles. The molecule has 0 unspecified atom stereocenters. The molecule has 4 rings (SSSR count). The van der Waals surface area contributed by atoms with Crippen molar-refractivity contribution < 1.29 is 18.8 Å². The van der Waals surface area contributed by atoms with Gasteiger partial charge in [-0.2, -0.15) is 4.98 Å². The number of nitrogens with one attached hydrogen (secondary N) is 1. The number of amides is 1. The highest BCUT2D eigenvalue weighted by molar-refractivity contribution is 5.94. The summed E-state index contributed by atoms with van der Waals surface area (Å²) in [6.07, 6.45) is 0.454. The van der Waals surface area contributed by atoms with E-state index in [1.54, 1.807) is 18.2 Å². The van der Waals surface area contributed by atoms with Gasteiger partial charge in [-0.05, 0) is 30.7 Å². The van der Waals surface area contributed by atoms with Crippen LogP contribution in [-0.4, -0.2) is 29.4 Å². The number of hydrogen-bond acceptors (Lipinski definition) is 6. The van der Waals surface area contributed by atoms with E-state index in [1.165, 1.54) is 0 Å². The summed E-state index contributed by atoms with van der Waals surface area (Å²) < 4.78 is 15.8. The van der Waals surface area contributed by atoms with Gasteiger partial charge < -0.3 is 19.3 Å². The van der Waals surface area contributed by atoms with Crippen molar-refractivity contribution in [3.8, 4) is 22.9 Å². The van der Waals surface area contributed by atoms with E-state index >= 15 is 0 Å². The Hall–Kier alpha value is -3.35. The minimum atomic E-state index is -0.193. The lowest BCUT2D eigenvalue weighted by Crippen LogP contribution is -2.25. The van der Waals surface area contributed by atoms with E-state index in [0.717, 1.165) is 11.1 Å². The second kappa shape index (κ2) is 6.87. The first-order valence-corrected chi connectivity index (χ1v) is 8.27. The lowest BCUT2D eigenvalue weighted by molar-refractivity contribution is 0.0953. The number of rotatable bonds is 5. The number of hydrogen-bond donors (Lipinski definition) is 1. The van der Waals surface area contributed by atoms with Crippen LogP contribution in [0.5, 0.6) is 11.5 Å². The molecule has 2 aromatic carbocycles. The van der Waals surface area contributed by atoms with Crippen molar-refractivity contribution in [3.05, 3.63) is 59.5 Å². The zero-order valence-corrected chi connectivity index (χ0v) is 14.2. The molecule has 26 heavy (non-hydrogen) atoms. The molecule has 0 saturated heterocycles. The van der Waals surface area contributed by atoms with Crippen LogP contribution in [0.2, 0.25) is 0 Å². The molecule has 7 heteroatoms. The maximum Gasteiger partial charge on any atom is 0.251 e. The number of carbonyl (C=O) groups excluding carboxylic acids is 1. The molecule has 1 aliphatic rings. The maximum atomic E-state index is 12.2. The molecule has 0 aliphatic carbocycles. The second-order valence-corrected chi connectivity index (χ2v) is 5.90. The van der Waals surface area contributed by atoms with E-state index in [0.29, 0.717) is 41.7 Å². The van der Waals surface area contributed by atoms with Gasteiger partial charge in [0.15, 0.2) is 11.5 Å². The summed E-state index contributed by atoms with van der Waals surface area (Å²) in [4.78, 5) is 16.6. The second-order valence-electron chi connectivity index (χ2n) is 5.90. The lowest BCUT2D eigenvalue weighted by atomic mass is 10.1. The van der Waals surface area contributed by atoms with E-state index in [2.05, 4.69) is 15.5 Å². The summed E-state index contributed by atoms with van der Waals surface area (Å²) in [5, 5.41) is 6.85. The van der Waals surface area contributed by atoms with Crippen molar-refractivity contribution in [1.82, 2.24) is 15.5 Å². The van der Waals surface area contributed by atoms with Crippen molar-refractivity contribution in [2.75, 3.05) is 13.3 Å². The summed E-state index contributed by atoms with van der Waals surface area (Å²) in [5.74, 6) is 2.07. The molecular weight excluding hydrogens is 334 g/mol. The SMILES string of the molecule is Cc1ccccc1-c1noc(CCNC(=O)c2ccc3c(c2)OCO3)n1. The molecule has 7 nitrogen and oxygen atoms in total. The van der Waals surface area contributed by atoms with Crippen molar-refractivity contribution in [2.24, 2.45) is 0 Å². The molecule has 1 N–H and O–H groups in total. The van der Waals surface area contributed by atoms with Crippen molar-refractivity contribution >= 4 is 5.91 Å². The molecule has 0 atom stereocenters. The smallest absolute Gasteiger partial charge is 0.251 e. The Morgan fingerprint density at radius 3 is 2.88 bits per heavy atom. The minimum Gasteiger partial charge on any atom is -0.454 e. The largest absolute Gasteiger partial charge is 0.454 e. The zero-order valence-electron chi connectivity index (χ0n) is 14.2. The first kappa shape index (κ1) is 16.1. The molecule has 1 aliphatic heterocycles. The molecule has 3 aromatic rings. The maximum absolute atomic E-state index is 12.2. The van der Waals surface area contributed by atoms with E-state index < -0.39 is 0 Å². The van der Waals surface area contributed by atoms with E-state index in [-0.39, 0.29) is 12.7 Å². The van der Waals surface area contributed by atoms with Gasteiger partial charge in [-0.3, -0.25) is 4.79 Å². The highest BCUT2D eigenvalue weighted by Crippen LogP contribution is 2.32. The molecule has 2 heterocycles. The molecule has 0 fully saturated rings. The number of fused-ring (bicyclic) bond motifs is 1. The Balaban J connectivity index is 1.35. The van der Waals surface area contributed by atoms with Crippen LogP contribution in [0.15, 0.2) is 47.0 Å². The average molecular weight is 351 g/mol. The van der Waals surface area contributed by atoms with Crippen molar-refractivity contribution in [1.29, 1.82) is 0 Å². The van der Waals surface area contributed by atoms with Gasteiger partial charge in [0, 0.05) is 24.1 Å². The topological polar surface area (TPSA) is 86.5 Å². The highest BCUT2D eigenvalue weighted by atomic mass is 16.7. The number of benzene rings is 2. The predicted molar refractivity (Wildman–Crippen MR) is 93.1 cm³/mol. The van der Waals surface area contributed by atoms with Crippen molar-refractivity contribution in [2.45, 2.75) is 13.3 Å². The van der Waals surface area contributed by atoms with Gasteiger partial charge in [-0.15, -0.1) is 0 Å². The normalized spacial score (nSPS) is 12.2. The van der Waals surface area contributed by atoms with Crippen LogP contribution < -0.4 is 14.8 Å². The van der Waals surface area contributed by atoms with E-state index in [9.17, 15) is 4.79 Å². The van der Waals surface area contributed by atoms with Gasteiger partial charge in [-0.25, -0.2) is 0 Å². The molecule has 1 amide bonds. The molecule has 1 aromatic heterocycles. The number of aromatic nitrogens is 2. The van der Waals surface area contributed by atoms with Crippen LogP contribution >= 0.6 is 0 Å². The van der Waals surface area contributed by atoms with Crippen LogP contribution in [0.4, 0.5) is 0 Å². The Morgan fingerprint density at radius 1 is 1.15 bits per heavy atom. The minimum absolute atomic E-state index is 0.181. The van der Waals surface area contributed by atoms with Gasteiger partial charge in [0.05, 0.1) is 0 Å². The quantitative estimate of drug-likeness (QED) is 0.761. The standard InChI is InChI=1S/C19H17N3O4/c1-12-4-2-3-5-14(12)18-21-17(26-22-18)8-9-20-19(23)13-6-7-15-16(10-13)25-11-24-15/h2-7,10H,8-9,11H2,1H3,(H,20,23). The fraction of sp³-hybridized carbons (Fsp3) is 0.211. The van der Waals surface area contributed by atoms with Gasteiger partial charge in [0.2, 0.25) is 18.5 Å². The fourth-order valence-electron chi connectivity index (χ4n) is 2.71. The summed E-state index contributed by atoms with van der Waals surface area (Å²) in [7, 11) is 0. The Morgan fingerprint density at radius 2 is 2.00 bits per heavy atom. The Kier molecular flexibility index (Phi) is 4.27. The van der Waals surface area contributed by atoms with Crippen LogP contribution in [0.1, 0.15) is 21.8 Å². The predicted octanol–water partition coefficient (Wildman–Crippen LogP) is 2.75. The molecule has 0 radical (unpaired) electrons. The third kappa shape index (κ3) is 3.23. The first-order valence-electron chi connectivity index (χ1n) is 8.27. The summed E-state index contributed by atoms with van der Waals surface area (Å²) in [6, 6.07) is 12.9. The van der Waals surface area contributed by atoms with Crippen LogP contribution in [0.3, 0.4) is 0 Å². The summed E-state index contributed by atoms with van der Waals surface area (Å²) in [6.45, 7) is 2.57. The number of nitrogens with zero attached hydrogens (tertiary/aromatic N) is 2. The number of carbonyl (C=O) groups is 1. The first-order chi connectivity index (χ1) is 12.7. The molecule has 0 bridgehead atoms. The van der Waals surface area contributed by atoms with E-state index in [4.69, 9.17) is 14.0 Å². The van der Waals surface area contributed by atoms with Crippen LogP contribution in [0, 0.1) is 6.92 Å². The number of aryl methyl sites for hydroxylation is 1. The average Bonchev–Trinajstić information content (AvgIpc) is 3.30. The van der Waals surface area contributed by atoms with Gasteiger partial charge in [0.1, 0.15) is 0 Å². The Labute approximate surface area is 149 Å². The Bertz CT molecular complexity index is 951. The van der Waals surface area contributed by atoms with Gasteiger partial charge >= 0.3 is 0 Å². The third-order valence-corrected chi connectivity index (χ3v) is 4.11. The zero-order chi connectivity index (χ0) is 17.9. The molecule has 0 spiro atoms. The molecular formula is C19H17N3O4. The van der Waals surface area contributed by atoms with E-state index in [1.807, 2.05) is 31.2 Å². The molecule has 132 valence electrons. The third-order valence-electron chi connectivity index (χ3n) is 4.11. The summed E-state index contributed by atoms with van der Waals surface area (Å²) >= 11 is 0. The highest BCUT2D eigenvalue weighted by Gasteiger charge is 2.16. The monoisotopic (exact) mass is 351 g/mol. The summed E-state index contributed by atoms with van der Waals surface area (Å²) in [5.41, 5.74) is 2.53. The number of ether oxygens (including phenoxy) is 2. The lowest BCUT2D eigenvalue weighted by Gasteiger charge is -2.04. The van der Waals surface area contributed by atoms with Crippen LogP contribution in [0.25, 0.3) is 11.4 Å². The van der Waals surface area contributed by atoms with Gasteiger partial charge in [-0.1, -0.05) is 29.4 Å². The fourth-order valence-corrected chi connectivity index (χ4v) is 2.71. The van der Waals surface area contributed by atoms with Crippen LogP contribution in [-0.2, 0) is 6.42 Å².